The van der Waals surface area contributed by atoms with Gasteiger partial charge in [-0.15, -0.1) is 0 Å². The second kappa shape index (κ2) is 10.7. The van der Waals surface area contributed by atoms with E-state index in [1.54, 1.807) is 41.5 Å². The first-order valence-corrected chi connectivity index (χ1v) is 9.02. The molecule has 0 saturated carbocycles. The van der Waals surface area contributed by atoms with E-state index in [-0.39, 0.29) is 25.7 Å². The summed E-state index contributed by atoms with van der Waals surface area (Å²) in [6.07, 6.45) is -1.45. The molecule has 0 aliphatic carbocycles. The van der Waals surface area contributed by atoms with Gasteiger partial charge < -0.3 is 30.3 Å². The van der Waals surface area contributed by atoms with Crippen molar-refractivity contribution in [2.75, 3.05) is 0 Å². The van der Waals surface area contributed by atoms with Crippen LogP contribution in [0.4, 0.5) is 9.59 Å². The van der Waals surface area contributed by atoms with E-state index in [1.165, 1.54) is 0 Å². The normalized spacial score (nSPS) is 13.8. The maximum atomic E-state index is 11.8. The summed E-state index contributed by atoms with van der Waals surface area (Å²) in [5, 5.41) is 23.0. The van der Waals surface area contributed by atoms with Crippen molar-refractivity contribution in [3.63, 3.8) is 0 Å². The zero-order valence-corrected chi connectivity index (χ0v) is 17.3. The molecular formula is C18H32N2O8. The van der Waals surface area contributed by atoms with Crippen molar-refractivity contribution in [3.05, 3.63) is 0 Å². The van der Waals surface area contributed by atoms with Crippen LogP contribution in [0.1, 0.15) is 67.2 Å². The Labute approximate surface area is 165 Å². The molecule has 0 rings (SSSR count). The van der Waals surface area contributed by atoms with Crippen molar-refractivity contribution in [2.45, 2.75) is 90.5 Å². The summed E-state index contributed by atoms with van der Waals surface area (Å²) in [6, 6.07) is -1.93. The number of hydrogen-bond acceptors (Lipinski definition) is 6. The van der Waals surface area contributed by atoms with Crippen LogP contribution in [-0.4, -0.2) is 57.6 Å². The lowest BCUT2D eigenvalue weighted by Gasteiger charge is -2.24. The average molecular weight is 404 g/mol. The van der Waals surface area contributed by atoms with Crippen LogP contribution >= 0.6 is 0 Å². The largest absolute Gasteiger partial charge is 0.481 e. The molecule has 2 amide bonds. The van der Waals surface area contributed by atoms with E-state index >= 15 is 0 Å². The Kier molecular flexibility index (Phi) is 9.76. The van der Waals surface area contributed by atoms with Gasteiger partial charge in [0.25, 0.3) is 0 Å². The number of amides is 2. The lowest BCUT2D eigenvalue weighted by atomic mass is 10.0. The number of carboxylic acids is 2. The van der Waals surface area contributed by atoms with Gasteiger partial charge in [0.1, 0.15) is 17.2 Å². The number of alkyl carbamates (subject to hydrolysis) is 2. The Morgan fingerprint density at radius 1 is 0.821 bits per heavy atom. The van der Waals surface area contributed by atoms with Crippen molar-refractivity contribution in [2.24, 2.45) is 0 Å². The van der Waals surface area contributed by atoms with Crippen molar-refractivity contribution in [3.8, 4) is 0 Å². The average Bonchev–Trinajstić information content (AvgIpc) is 2.40. The first kappa shape index (κ1) is 25.5. The summed E-state index contributed by atoms with van der Waals surface area (Å²) < 4.78 is 10.1. The third-order valence-corrected chi connectivity index (χ3v) is 3.18. The molecule has 28 heavy (non-hydrogen) atoms. The predicted molar refractivity (Wildman–Crippen MR) is 100 cm³/mol. The van der Waals surface area contributed by atoms with Crippen molar-refractivity contribution in [1.29, 1.82) is 0 Å². The Balaban J connectivity index is 4.71. The van der Waals surface area contributed by atoms with E-state index in [4.69, 9.17) is 14.6 Å². The maximum Gasteiger partial charge on any atom is 0.408 e. The highest BCUT2D eigenvalue weighted by Crippen LogP contribution is 2.12. The van der Waals surface area contributed by atoms with Crippen LogP contribution in [-0.2, 0) is 19.1 Å². The van der Waals surface area contributed by atoms with E-state index in [0.717, 1.165) is 0 Å². The van der Waals surface area contributed by atoms with Gasteiger partial charge in [-0.1, -0.05) is 0 Å². The number of carboxylic acid groups (broad SMARTS) is 2. The van der Waals surface area contributed by atoms with E-state index in [2.05, 4.69) is 10.6 Å². The number of hydrogen-bond donors (Lipinski definition) is 4. The van der Waals surface area contributed by atoms with Crippen LogP contribution in [0, 0.1) is 0 Å². The highest BCUT2D eigenvalue weighted by atomic mass is 16.6. The Hall–Kier alpha value is -2.52. The Morgan fingerprint density at radius 2 is 1.29 bits per heavy atom. The summed E-state index contributed by atoms with van der Waals surface area (Å²) in [5.41, 5.74) is -1.50. The zero-order valence-electron chi connectivity index (χ0n) is 17.3. The van der Waals surface area contributed by atoms with Crippen LogP contribution in [0.2, 0.25) is 0 Å². The maximum absolute atomic E-state index is 11.8. The zero-order chi connectivity index (χ0) is 22.1. The first-order chi connectivity index (χ1) is 12.6. The van der Waals surface area contributed by atoms with Gasteiger partial charge in [-0.05, 0) is 60.8 Å². The molecule has 0 aliphatic rings. The molecule has 4 N–H and O–H groups in total. The molecule has 0 aromatic carbocycles. The van der Waals surface area contributed by atoms with E-state index in [9.17, 15) is 24.3 Å². The monoisotopic (exact) mass is 404 g/mol. The molecule has 0 aromatic rings. The van der Waals surface area contributed by atoms with Crippen LogP contribution in [0.25, 0.3) is 0 Å². The minimum Gasteiger partial charge on any atom is -0.481 e. The molecule has 0 aromatic heterocycles. The summed E-state index contributed by atoms with van der Waals surface area (Å²) >= 11 is 0. The molecule has 0 radical (unpaired) electrons. The molecule has 2 unspecified atom stereocenters. The SMILES string of the molecule is CC(C)(C)OC(=O)NC(CCCC(NC(=O)OC(C)(C)C)C(=O)O)CC(=O)O. The van der Waals surface area contributed by atoms with Crippen LogP contribution < -0.4 is 10.6 Å². The number of ether oxygens (including phenoxy) is 2. The smallest absolute Gasteiger partial charge is 0.408 e. The van der Waals surface area contributed by atoms with Crippen molar-refractivity contribution < 1.29 is 38.9 Å². The summed E-state index contributed by atoms with van der Waals surface area (Å²) in [4.78, 5) is 45.9. The van der Waals surface area contributed by atoms with E-state index in [1.807, 2.05) is 0 Å². The molecule has 10 nitrogen and oxygen atoms in total. The molecule has 10 heteroatoms. The van der Waals surface area contributed by atoms with Gasteiger partial charge in [0.15, 0.2) is 0 Å². The summed E-state index contributed by atoms with van der Waals surface area (Å²) in [6.45, 7) is 10.00. The molecular weight excluding hydrogens is 372 g/mol. The molecule has 0 fully saturated rings. The Morgan fingerprint density at radius 3 is 1.68 bits per heavy atom. The molecule has 2 atom stereocenters. The Bertz CT molecular complexity index is 563. The van der Waals surface area contributed by atoms with Gasteiger partial charge >= 0.3 is 24.1 Å². The molecule has 0 saturated heterocycles. The molecule has 0 spiro atoms. The fraction of sp³-hybridized carbons (Fsp3) is 0.778. The highest BCUT2D eigenvalue weighted by Gasteiger charge is 2.25. The standard InChI is InChI=1S/C18H32N2O8/c1-17(2,3)27-15(25)19-11(10-13(21)22)8-7-9-12(14(23)24)20-16(26)28-18(4,5)6/h11-12H,7-10H2,1-6H3,(H,19,25)(H,20,26)(H,21,22)(H,23,24). The molecule has 0 aliphatic heterocycles. The fourth-order valence-electron chi connectivity index (χ4n) is 2.19. The predicted octanol–water partition coefficient (Wildman–Crippen LogP) is 2.50. The summed E-state index contributed by atoms with van der Waals surface area (Å²) in [5.74, 6) is -2.34. The minimum absolute atomic E-state index is 0.0424. The van der Waals surface area contributed by atoms with E-state index < -0.39 is 47.4 Å². The van der Waals surface area contributed by atoms with Crippen molar-refractivity contribution >= 4 is 24.1 Å². The first-order valence-electron chi connectivity index (χ1n) is 9.02. The minimum atomic E-state index is -1.24. The van der Waals surface area contributed by atoms with Gasteiger partial charge in [-0.2, -0.15) is 0 Å². The highest BCUT2D eigenvalue weighted by molar-refractivity contribution is 5.80. The topological polar surface area (TPSA) is 151 Å². The third-order valence-electron chi connectivity index (χ3n) is 3.18. The number of nitrogens with one attached hydrogen (secondary N) is 2. The molecule has 0 bridgehead atoms. The third kappa shape index (κ3) is 13.7. The van der Waals surface area contributed by atoms with Crippen LogP contribution in [0.15, 0.2) is 0 Å². The summed E-state index contributed by atoms with van der Waals surface area (Å²) in [7, 11) is 0. The van der Waals surface area contributed by atoms with Gasteiger partial charge in [-0.25, -0.2) is 14.4 Å². The lowest BCUT2D eigenvalue weighted by molar-refractivity contribution is -0.140. The molecule has 162 valence electrons. The van der Waals surface area contributed by atoms with Crippen molar-refractivity contribution in [1.82, 2.24) is 10.6 Å². The molecule has 0 heterocycles. The van der Waals surface area contributed by atoms with Crippen LogP contribution in [0.3, 0.4) is 0 Å². The van der Waals surface area contributed by atoms with Gasteiger partial charge in [0.05, 0.1) is 6.42 Å². The lowest BCUT2D eigenvalue weighted by Crippen LogP contribution is -2.44. The quantitative estimate of drug-likeness (QED) is 0.457. The van der Waals surface area contributed by atoms with Gasteiger partial charge in [0.2, 0.25) is 0 Å². The van der Waals surface area contributed by atoms with Gasteiger partial charge in [-0.3, -0.25) is 4.79 Å². The number of carbonyl (C=O) groups is 4. The second-order valence-electron chi connectivity index (χ2n) is 8.41. The fourth-order valence-corrected chi connectivity index (χ4v) is 2.19. The number of aliphatic carboxylic acids is 2. The van der Waals surface area contributed by atoms with Gasteiger partial charge in [0, 0.05) is 6.04 Å². The second-order valence-corrected chi connectivity index (χ2v) is 8.41. The van der Waals surface area contributed by atoms with Crippen LogP contribution in [0.5, 0.6) is 0 Å². The number of rotatable bonds is 9. The van der Waals surface area contributed by atoms with E-state index in [0.29, 0.717) is 0 Å². The number of carbonyl (C=O) groups excluding carboxylic acids is 2.